The highest BCUT2D eigenvalue weighted by Gasteiger charge is 1.81. The number of rotatable bonds is 0. The van der Waals surface area contributed by atoms with Gasteiger partial charge in [0.15, 0.2) is 0 Å². The first-order chi connectivity index (χ1) is 4.79. The van der Waals surface area contributed by atoms with Crippen LogP contribution in [-0.4, -0.2) is 12.2 Å². The molecule has 0 amide bonds. The molecular weight excluding hydrogens is 128 g/mol. The topological polar surface area (TPSA) is 72.3 Å². The maximum absolute atomic E-state index is 7.00. The van der Waals surface area contributed by atoms with Gasteiger partial charge >= 0.3 is 0 Å². The van der Waals surface area contributed by atoms with E-state index in [1.165, 1.54) is 0 Å². The molecule has 0 fully saturated rings. The standard InChI is InChI=1S/C6H8N2.CH4O/c7-5-2-1-3-6(8)4-5;1-2/h1-4H,7-8H2;2H,1H3. The molecule has 0 spiro atoms. The van der Waals surface area contributed by atoms with Crippen molar-refractivity contribution in [2.75, 3.05) is 18.6 Å². The molecule has 0 saturated heterocycles. The normalized spacial score (nSPS) is 7.80. The molecule has 3 heteroatoms. The predicted octanol–water partition coefficient (Wildman–Crippen LogP) is 0.460. The molecule has 0 atom stereocenters. The average molecular weight is 140 g/mol. The van der Waals surface area contributed by atoms with E-state index < -0.39 is 0 Å². The third-order valence-electron chi connectivity index (χ3n) is 0.911. The Morgan fingerprint density at radius 1 is 1.10 bits per heavy atom. The average Bonchev–Trinajstić information content (AvgIpc) is 1.91. The van der Waals surface area contributed by atoms with Crippen molar-refractivity contribution in [1.29, 1.82) is 0 Å². The van der Waals surface area contributed by atoms with Gasteiger partial charge in [-0.2, -0.15) is 0 Å². The highest BCUT2D eigenvalue weighted by molar-refractivity contribution is 5.50. The summed E-state index contributed by atoms with van der Waals surface area (Å²) < 4.78 is 0. The summed E-state index contributed by atoms with van der Waals surface area (Å²) in [4.78, 5) is 0. The number of aliphatic hydroxyl groups excluding tert-OH is 1. The van der Waals surface area contributed by atoms with Crippen LogP contribution < -0.4 is 11.5 Å². The van der Waals surface area contributed by atoms with Crippen molar-refractivity contribution in [3.63, 3.8) is 0 Å². The molecule has 0 aliphatic rings. The van der Waals surface area contributed by atoms with Crippen LogP contribution in [0, 0.1) is 0 Å². The number of anilines is 2. The van der Waals surface area contributed by atoms with Crippen LogP contribution in [0.25, 0.3) is 0 Å². The monoisotopic (exact) mass is 140 g/mol. The van der Waals surface area contributed by atoms with Crippen LogP contribution >= 0.6 is 0 Å². The molecule has 0 saturated carbocycles. The summed E-state index contributed by atoms with van der Waals surface area (Å²) in [6, 6.07) is 7.15. The van der Waals surface area contributed by atoms with E-state index in [1.807, 2.05) is 6.07 Å². The fraction of sp³-hybridized carbons (Fsp3) is 0.143. The minimum atomic E-state index is 0.713. The lowest BCUT2D eigenvalue weighted by atomic mass is 10.3. The molecule has 3 nitrogen and oxygen atoms in total. The first kappa shape index (κ1) is 8.78. The van der Waals surface area contributed by atoms with E-state index in [0.717, 1.165) is 7.11 Å². The van der Waals surface area contributed by atoms with E-state index in [9.17, 15) is 0 Å². The number of hydrogen-bond acceptors (Lipinski definition) is 3. The van der Waals surface area contributed by atoms with Crippen LogP contribution in [-0.2, 0) is 0 Å². The summed E-state index contributed by atoms with van der Waals surface area (Å²) in [7, 11) is 1.00. The Morgan fingerprint density at radius 2 is 1.50 bits per heavy atom. The molecule has 0 radical (unpaired) electrons. The highest BCUT2D eigenvalue weighted by Crippen LogP contribution is 2.06. The number of nitrogen functional groups attached to an aromatic ring is 2. The summed E-state index contributed by atoms with van der Waals surface area (Å²) in [5, 5.41) is 7.00. The third-order valence-corrected chi connectivity index (χ3v) is 0.911. The van der Waals surface area contributed by atoms with E-state index in [0.29, 0.717) is 11.4 Å². The minimum absolute atomic E-state index is 0.713. The maximum Gasteiger partial charge on any atom is 0.0334 e. The van der Waals surface area contributed by atoms with Gasteiger partial charge in [-0.05, 0) is 18.2 Å². The second-order valence-electron chi connectivity index (χ2n) is 1.67. The van der Waals surface area contributed by atoms with Crippen LogP contribution in [0.3, 0.4) is 0 Å². The molecule has 0 aliphatic heterocycles. The Morgan fingerprint density at radius 3 is 1.70 bits per heavy atom. The van der Waals surface area contributed by atoms with Gasteiger partial charge < -0.3 is 16.6 Å². The zero-order chi connectivity index (χ0) is 7.98. The van der Waals surface area contributed by atoms with E-state index in [1.54, 1.807) is 18.2 Å². The van der Waals surface area contributed by atoms with Gasteiger partial charge in [0.2, 0.25) is 0 Å². The Balaban J connectivity index is 0.000000371. The molecule has 0 aliphatic carbocycles. The second-order valence-corrected chi connectivity index (χ2v) is 1.67. The Labute approximate surface area is 60.3 Å². The van der Waals surface area contributed by atoms with Crippen LogP contribution in [0.5, 0.6) is 0 Å². The first-order valence-corrected chi connectivity index (χ1v) is 2.85. The number of benzene rings is 1. The van der Waals surface area contributed by atoms with Crippen LogP contribution in [0.15, 0.2) is 24.3 Å². The molecule has 1 aromatic rings. The smallest absolute Gasteiger partial charge is 0.0334 e. The lowest BCUT2D eigenvalue weighted by Crippen LogP contribution is -1.87. The lowest BCUT2D eigenvalue weighted by Gasteiger charge is -1.91. The van der Waals surface area contributed by atoms with Crippen LogP contribution in [0.4, 0.5) is 11.4 Å². The zero-order valence-electron chi connectivity index (χ0n) is 5.91. The molecular formula is C7H12N2O. The van der Waals surface area contributed by atoms with E-state index in [-0.39, 0.29) is 0 Å². The van der Waals surface area contributed by atoms with Gasteiger partial charge in [-0.3, -0.25) is 0 Å². The molecule has 0 unspecified atom stereocenters. The number of hydrogen-bond donors (Lipinski definition) is 3. The maximum atomic E-state index is 7.00. The Hall–Kier alpha value is -1.22. The van der Waals surface area contributed by atoms with Crippen molar-refractivity contribution in [2.24, 2.45) is 0 Å². The summed E-state index contributed by atoms with van der Waals surface area (Å²) in [5.74, 6) is 0. The van der Waals surface area contributed by atoms with E-state index >= 15 is 0 Å². The molecule has 10 heavy (non-hydrogen) atoms. The quantitative estimate of drug-likeness (QED) is 0.458. The van der Waals surface area contributed by atoms with Crippen molar-refractivity contribution < 1.29 is 5.11 Å². The largest absolute Gasteiger partial charge is 0.400 e. The zero-order valence-corrected chi connectivity index (χ0v) is 5.91. The van der Waals surface area contributed by atoms with Crippen molar-refractivity contribution in [1.82, 2.24) is 0 Å². The summed E-state index contributed by atoms with van der Waals surface area (Å²) in [6.07, 6.45) is 0. The Bertz CT molecular complexity index is 171. The first-order valence-electron chi connectivity index (χ1n) is 2.85. The highest BCUT2D eigenvalue weighted by atomic mass is 16.2. The Kier molecular flexibility index (Phi) is 4.07. The van der Waals surface area contributed by atoms with Crippen molar-refractivity contribution in [3.05, 3.63) is 24.3 Å². The molecule has 1 rings (SSSR count). The van der Waals surface area contributed by atoms with E-state index in [4.69, 9.17) is 16.6 Å². The van der Waals surface area contributed by atoms with Crippen LogP contribution in [0.1, 0.15) is 0 Å². The molecule has 1 aromatic carbocycles. The predicted molar refractivity (Wildman–Crippen MR) is 43.4 cm³/mol. The van der Waals surface area contributed by atoms with Crippen molar-refractivity contribution in [2.45, 2.75) is 0 Å². The minimum Gasteiger partial charge on any atom is -0.400 e. The summed E-state index contributed by atoms with van der Waals surface area (Å²) >= 11 is 0. The van der Waals surface area contributed by atoms with Crippen LogP contribution in [0.2, 0.25) is 0 Å². The summed E-state index contributed by atoms with van der Waals surface area (Å²) in [5.41, 5.74) is 12.2. The summed E-state index contributed by atoms with van der Waals surface area (Å²) in [6.45, 7) is 0. The molecule has 56 valence electrons. The van der Waals surface area contributed by atoms with Gasteiger partial charge in [0.05, 0.1) is 0 Å². The van der Waals surface area contributed by atoms with Gasteiger partial charge in [-0.1, -0.05) is 6.07 Å². The fourth-order valence-corrected chi connectivity index (χ4v) is 0.559. The molecule has 5 N–H and O–H groups in total. The van der Waals surface area contributed by atoms with E-state index in [2.05, 4.69) is 0 Å². The second kappa shape index (κ2) is 4.64. The number of nitrogens with two attached hydrogens (primary N) is 2. The molecule has 0 bridgehead atoms. The van der Waals surface area contributed by atoms with Crippen molar-refractivity contribution in [3.8, 4) is 0 Å². The molecule has 0 aromatic heterocycles. The van der Waals surface area contributed by atoms with Gasteiger partial charge in [-0.15, -0.1) is 0 Å². The fourth-order valence-electron chi connectivity index (χ4n) is 0.559. The van der Waals surface area contributed by atoms with Gasteiger partial charge in [-0.25, -0.2) is 0 Å². The number of aliphatic hydroxyl groups is 1. The molecule has 0 heterocycles. The SMILES string of the molecule is CO.Nc1cccc(N)c1. The van der Waals surface area contributed by atoms with Gasteiger partial charge in [0.1, 0.15) is 0 Å². The van der Waals surface area contributed by atoms with Gasteiger partial charge in [0.25, 0.3) is 0 Å². The third kappa shape index (κ3) is 2.94. The van der Waals surface area contributed by atoms with Gasteiger partial charge in [0, 0.05) is 18.5 Å². The lowest BCUT2D eigenvalue weighted by molar-refractivity contribution is 0.399. The van der Waals surface area contributed by atoms with Crippen molar-refractivity contribution >= 4 is 11.4 Å².